The van der Waals surface area contributed by atoms with Gasteiger partial charge in [-0.2, -0.15) is 0 Å². The fraction of sp³-hybridized carbons (Fsp3) is 0. The SMILES string of the molecule is O=C(c1ccc(Br)cc1)c1c[nH]c2ccccc12. The average Bonchev–Trinajstić information content (AvgIpc) is 2.82. The molecule has 18 heavy (non-hydrogen) atoms. The van der Waals surface area contributed by atoms with Crippen LogP contribution in [0.3, 0.4) is 0 Å². The molecule has 2 aromatic carbocycles. The third-order valence-electron chi connectivity index (χ3n) is 2.94. The van der Waals surface area contributed by atoms with E-state index in [0.29, 0.717) is 11.1 Å². The summed E-state index contributed by atoms with van der Waals surface area (Å²) < 4.78 is 0.970. The molecule has 0 aliphatic heterocycles. The number of H-pyrrole nitrogens is 1. The van der Waals surface area contributed by atoms with Crippen molar-refractivity contribution in [2.45, 2.75) is 0 Å². The van der Waals surface area contributed by atoms with Crippen molar-refractivity contribution in [2.24, 2.45) is 0 Å². The number of ketones is 1. The second-order valence-electron chi connectivity index (χ2n) is 4.08. The molecule has 0 saturated heterocycles. The lowest BCUT2D eigenvalue weighted by molar-refractivity contribution is 0.104. The maximum absolute atomic E-state index is 12.4. The first-order valence-corrected chi connectivity index (χ1v) is 6.41. The largest absolute Gasteiger partial charge is 0.360 e. The molecule has 0 unspecified atom stereocenters. The zero-order valence-corrected chi connectivity index (χ0v) is 11.1. The number of halogens is 1. The Morgan fingerprint density at radius 3 is 2.50 bits per heavy atom. The Kier molecular flexibility index (Phi) is 2.76. The maximum Gasteiger partial charge on any atom is 0.195 e. The zero-order valence-electron chi connectivity index (χ0n) is 9.48. The fourth-order valence-electron chi connectivity index (χ4n) is 2.02. The predicted molar refractivity (Wildman–Crippen MR) is 75.9 cm³/mol. The van der Waals surface area contributed by atoms with Crippen LogP contribution >= 0.6 is 15.9 Å². The van der Waals surface area contributed by atoms with E-state index in [2.05, 4.69) is 20.9 Å². The molecular formula is C15H10BrNO. The van der Waals surface area contributed by atoms with E-state index in [4.69, 9.17) is 0 Å². The topological polar surface area (TPSA) is 32.9 Å². The highest BCUT2D eigenvalue weighted by atomic mass is 79.9. The second kappa shape index (κ2) is 4.42. The normalized spacial score (nSPS) is 10.7. The number of para-hydroxylation sites is 1. The minimum atomic E-state index is 0.0416. The van der Waals surface area contributed by atoms with Crippen molar-refractivity contribution in [3.63, 3.8) is 0 Å². The summed E-state index contributed by atoms with van der Waals surface area (Å²) in [6.45, 7) is 0. The van der Waals surface area contributed by atoms with E-state index < -0.39 is 0 Å². The van der Waals surface area contributed by atoms with Gasteiger partial charge in [0.25, 0.3) is 0 Å². The van der Waals surface area contributed by atoms with Crippen molar-refractivity contribution in [1.29, 1.82) is 0 Å². The molecule has 3 heteroatoms. The van der Waals surface area contributed by atoms with Gasteiger partial charge in [0, 0.05) is 32.7 Å². The standard InChI is InChI=1S/C15H10BrNO/c16-11-7-5-10(6-8-11)15(18)13-9-17-14-4-2-1-3-12(13)14/h1-9,17H. The molecule has 0 saturated carbocycles. The van der Waals surface area contributed by atoms with Crippen LogP contribution in [0.2, 0.25) is 0 Å². The molecule has 1 N–H and O–H groups in total. The van der Waals surface area contributed by atoms with Crippen LogP contribution in [0.15, 0.2) is 59.2 Å². The highest BCUT2D eigenvalue weighted by Gasteiger charge is 2.13. The Balaban J connectivity index is 2.09. The lowest BCUT2D eigenvalue weighted by atomic mass is 10.0. The molecule has 1 aromatic heterocycles. The van der Waals surface area contributed by atoms with Gasteiger partial charge in [-0.05, 0) is 30.3 Å². The van der Waals surface area contributed by atoms with Crippen molar-refractivity contribution in [3.8, 4) is 0 Å². The monoisotopic (exact) mass is 299 g/mol. The molecule has 0 aliphatic rings. The van der Waals surface area contributed by atoms with E-state index >= 15 is 0 Å². The van der Waals surface area contributed by atoms with Crippen molar-refractivity contribution in [1.82, 2.24) is 4.98 Å². The van der Waals surface area contributed by atoms with Crippen LogP contribution in [-0.2, 0) is 0 Å². The summed E-state index contributed by atoms with van der Waals surface area (Å²) in [5.74, 6) is 0.0416. The molecule has 0 spiro atoms. The Morgan fingerprint density at radius 1 is 1.00 bits per heavy atom. The number of fused-ring (bicyclic) bond motifs is 1. The van der Waals surface area contributed by atoms with E-state index in [9.17, 15) is 4.79 Å². The summed E-state index contributed by atoms with van der Waals surface area (Å²) in [5, 5.41) is 0.963. The van der Waals surface area contributed by atoms with Crippen LogP contribution in [0.5, 0.6) is 0 Å². The van der Waals surface area contributed by atoms with E-state index in [1.807, 2.05) is 48.5 Å². The first-order valence-electron chi connectivity index (χ1n) is 5.62. The number of benzene rings is 2. The van der Waals surface area contributed by atoms with Crippen LogP contribution in [0.4, 0.5) is 0 Å². The molecule has 0 aliphatic carbocycles. The van der Waals surface area contributed by atoms with E-state index in [1.165, 1.54) is 0 Å². The molecule has 0 bridgehead atoms. The van der Waals surface area contributed by atoms with Crippen molar-refractivity contribution in [2.75, 3.05) is 0 Å². The van der Waals surface area contributed by atoms with Crippen molar-refractivity contribution >= 4 is 32.6 Å². The highest BCUT2D eigenvalue weighted by molar-refractivity contribution is 9.10. The maximum atomic E-state index is 12.4. The van der Waals surface area contributed by atoms with Gasteiger partial charge in [-0.3, -0.25) is 4.79 Å². The number of aromatic nitrogens is 1. The van der Waals surface area contributed by atoms with Gasteiger partial charge < -0.3 is 4.98 Å². The molecule has 0 amide bonds. The zero-order chi connectivity index (χ0) is 12.5. The Morgan fingerprint density at radius 2 is 1.72 bits per heavy atom. The third-order valence-corrected chi connectivity index (χ3v) is 3.47. The van der Waals surface area contributed by atoms with Gasteiger partial charge in [-0.15, -0.1) is 0 Å². The lowest BCUT2D eigenvalue weighted by Crippen LogP contribution is -1.99. The van der Waals surface area contributed by atoms with Crippen molar-refractivity contribution < 1.29 is 4.79 Å². The summed E-state index contributed by atoms with van der Waals surface area (Å²) in [5.41, 5.74) is 2.40. The molecule has 0 atom stereocenters. The van der Waals surface area contributed by atoms with E-state index in [0.717, 1.165) is 15.4 Å². The second-order valence-corrected chi connectivity index (χ2v) is 5.00. The molecule has 88 valence electrons. The molecular weight excluding hydrogens is 290 g/mol. The Bertz CT molecular complexity index is 713. The summed E-state index contributed by atoms with van der Waals surface area (Å²) in [6.07, 6.45) is 1.77. The minimum absolute atomic E-state index is 0.0416. The molecule has 3 aromatic rings. The molecule has 0 radical (unpaired) electrons. The van der Waals surface area contributed by atoms with Gasteiger partial charge in [0.15, 0.2) is 5.78 Å². The quantitative estimate of drug-likeness (QED) is 0.708. The fourth-order valence-corrected chi connectivity index (χ4v) is 2.28. The summed E-state index contributed by atoms with van der Waals surface area (Å²) in [4.78, 5) is 15.5. The molecule has 3 rings (SSSR count). The smallest absolute Gasteiger partial charge is 0.195 e. The van der Waals surface area contributed by atoms with E-state index in [1.54, 1.807) is 6.20 Å². The number of carbonyl (C=O) groups is 1. The third kappa shape index (κ3) is 1.87. The minimum Gasteiger partial charge on any atom is -0.360 e. The Hall–Kier alpha value is -1.87. The van der Waals surface area contributed by atoms with Crippen LogP contribution in [-0.4, -0.2) is 10.8 Å². The first-order chi connectivity index (χ1) is 8.75. The molecule has 1 heterocycles. The summed E-state index contributed by atoms with van der Waals surface area (Å²) >= 11 is 3.37. The predicted octanol–water partition coefficient (Wildman–Crippen LogP) is 4.16. The summed E-state index contributed by atoms with van der Waals surface area (Å²) in [6, 6.07) is 15.2. The van der Waals surface area contributed by atoms with Gasteiger partial charge in [0.1, 0.15) is 0 Å². The van der Waals surface area contributed by atoms with Crippen LogP contribution in [0.1, 0.15) is 15.9 Å². The van der Waals surface area contributed by atoms with Gasteiger partial charge in [-0.25, -0.2) is 0 Å². The number of aromatic amines is 1. The highest BCUT2D eigenvalue weighted by Crippen LogP contribution is 2.21. The van der Waals surface area contributed by atoms with Crippen LogP contribution in [0.25, 0.3) is 10.9 Å². The van der Waals surface area contributed by atoms with Gasteiger partial charge >= 0.3 is 0 Å². The van der Waals surface area contributed by atoms with Gasteiger partial charge in [0.05, 0.1) is 0 Å². The molecule has 0 fully saturated rings. The number of nitrogens with one attached hydrogen (secondary N) is 1. The van der Waals surface area contributed by atoms with E-state index in [-0.39, 0.29) is 5.78 Å². The number of hydrogen-bond donors (Lipinski definition) is 1. The molecule has 2 nitrogen and oxygen atoms in total. The van der Waals surface area contributed by atoms with Crippen LogP contribution < -0.4 is 0 Å². The Labute approximate surface area is 113 Å². The van der Waals surface area contributed by atoms with Gasteiger partial charge in [-0.1, -0.05) is 34.1 Å². The lowest BCUT2D eigenvalue weighted by Gasteiger charge is -2.00. The number of rotatable bonds is 2. The number of hydrogen-bond acceptors (Lipinski definition) is 1. The van der Waals surface area contributed by atoms with Crippen LogP contribution in [0, 0.1) is 0 Å². The first kappa shape index (κ1) is 11.2. The number of carbonyl (C=O) groups excluding carboxylic acids is 1. The summed E-state index contributed by atoms with van der Waals surface area (Å²) in [7, 11) is 0. The van der Waals surface area contributed by atoms with Crippen molar-refractivity contribution in [3.05, 3.63) is 70.3 Å². The average molecular weight is 300 g/mol. The van der Waals surface area contributed by atoms with Gasteiger partial charge in [0.2, 0.25) is 0 Å².